The van der Waals surface area contributed by atoms with Crippen LogP contribution in [0.3, 0.4) is 0 Å². The molecule has 2 fully saturated rings. The number of rotatable bonds is 9. The first-order chi connectivity index (χ1) is 19.4. The lowest BCUT2D eigenvalue weighted by Gasteiger charge is -2.42. The highest BCUT2D eigenvalue weighted by atomic mass is 35.5. The maximum Gasteiger partial charge on any atom is 0.314 e. The van der Waals surface area contributed by atoms with E-state index in [2.05, 4.69) is 65.6 Å². The lowest BCUT2D eigenvalue weighted by molar-refractivity contribution is -0.0263. The van der Waals surface area contributed by atoms with Crippen molar-refractivity contribution in [2.45, 2.75) is 56.0 Å². The molecule has 3 aromatic rings. The molecule has 2 saturated heterocycles. The van der Waals surface area contributed by atoms with Crippen molar-refractivity contribution < 1.29 is 9.90 Å². The van der Waals surface area contributed by atoms with Crippen molar-refractivity contribution in [3.63, 3.8) is 0 Å². The number of hydrogen-bond donors (Lipinski definition) is 2. The second kappa shape index (κ2) is 12.8. The number of hydrogen-bond acceptors (Lipinski definition) is 3. The van der Waals surface area contributed by atoms with E-state index >= 15 is 0 Å². The summed E-state index contributed by atoms with van der Waals surface area (Å²) in [6, 6.07) is 29.3. The molecule has 0 aromatic heterocycles. The summed E-state index contributed by atoms with van der Waals surface area (Å²) in [5.74, 6) is 0.528. The number of likely N-dealkylation sites (tertiary alicyclic amines) is 2. The third-order valence-corrected chi connectivity index (χ3v) is 9.61. The number of nitrogens with zero attached hydrogens (tertiary/aromatic N) is 2. The first-order valence-corrected chi connectivity index (χ1v) is 15.1. The Morgan fingerprint density at radius 1 is 0.875 bits per heavy atom. The molecule has 0 aliphatic carbocycles. The molecule has 0 atom stereocenters. The molecule has 5 rings (SSSR count). The normalized spacial score (nSPS) is 18.5. The van der Waals surface area contributed by atoms with Crippen molar-refractivity contribution in [1.82, 2.24) is 9.80 Å². The third-order valence-electron chi connectivity index (χ3n) is 9.36. The van der Waals surface area contributed by atoms with Crippen LogP contribution in [0.5, 0.6) is 0 Å². The Morgan fingerprint density at radius 2 is 1.43 bits per heavy atom. The number of benzene rings is 3. The Hall–Kier alpha value is -2.86. The average Bonchev–Trinajstić information content (AvgIpc) is 2.99. The van der Waals surface area contributed by atoms with Gasteiger partial charge in [0.25, 0.3) is 0 Å². The molecule has 0 spiro atoms. The fraction of sp³-hybridized carbons (Fsp3) is 0.441. The van der Waals surface area contributed by atoms with Crippen LogP contribution in [0, 0.1) is 5.92 Å². The van der Waals surface area contributed by atoms with E-state index in [0.29, 0.717) is 10.9 Å². The van der Waals surface area contributed by atoms with Crippen LogP contribution in [0.1, 0.15) is 61.6 Å². The van der Waals surface area contributed by atoms with Crippen molar-refractivity contribution in [1.29, 1.82) is 0 Å². The first kappa shape index (κ1) is 28.7. The van der Waals surface area contributed by atoms with E-state index in [1.54, 1.807) is 4.90 Å². The number of amides is 2. The van der Waals surface area contributed by atoms with Crippen LogP contribution in [0.15, 0.2) is 84.9 Å². The standard InChI is InChI=1S/C34H42ClN3O2/c35-31-14-12-30(13-15-31)34(40)19-24-37(25-20-34)21-7-18-33(28-8-3-1-4-9-28,29-10-5-2-6-11-29)26-27-16-22-38(23-17-27)32(36)39/h1-6,8-15,27,40H,7,16-26H2,(H2,36,39). The summed E-state index contributed by atoms with van der Waals surface area (Å²) in [4.78, 5) is 16.0. The molecule has 40 heavy (non-hydrogen) atoms. The molecule has 0 unspecified atom stereocenters. The maximum absolute atomic E-state index is 11.7. The van der Waals surface area contributed by atoms with E-state index in [9.17, 15) is 9.90 Å². The van der Waals surface area contributed by atoms with Crippen molar-refractivity contribution in [3.8, 4) is 0 Å². The SMILES string of the molecule is NC(=O)N1CCC(CC(CCCN2CCC(O)(c3ccc(Cl)cc3)CC2)(c2ccccc2)c2ccccc2)CC1. The van der Waals surface area contributed by atoms with Crippen molar-refractivity contribution in [2.75, 3.05) is 32.7 Å². The van der Waals surface area contributed by atoms with Gasteiger partial charge in [-0.3, -0.25) is 0 Å². The smallest absolute Gasteiger partial charge is 0.314 e. The van der Waals surface area contributed by atoms with Crippen LogP contribution in [0.2, 0.25) is 5.02 Å². The van der Waals surface area contributed by atoms with Crippen molar-refractivity contribution in [3.05, 3.63) is 107 Å². The van der Waals surface area contributed by atoms with Gasteiger partial charge >= 0.3 is 6.03 Å². The van der Waals surface area contributed by atoms with Crippen LogP contribution >= 0.6 is 11.6 Å². The lowest BCUT2D eigenvalue weighted by atomic mass is 9.65. The number of carbonyl (C=O) groups is 1. The summed E-state index contributed by atoms with van der Waals surface area (Å²) < 4.78 is 0. The van der Waals surface area contributed by atoms with E-state index < -0.39 is 5.60 Å². The van der Waals surface area contributed by atoms with E-state index in [0.717, 1.165) is 83.2 Å². The molecule has 3 N–H and O–H groups in total. The van der Waals surface area contributed by atoms with E-state index in [1.165, 1.54) is 11.1 Å². The highest BCUT2D eigenvalue weighted by molar-refractivity contribution is 6.30. The van der Waals surface area contributed by atoms with Gasteiger partial charge in [0.05, 0.1) is 5.60 Å². The first-order valence-electron chi connectivity index (χ1n) is 14.7. The minimum atomic E-state index is -0.779. The zero-order valence-corrected chi connectivity index (χ0v) is 24.1. The van der Waals surface area contributed by atoms with E-state index in [1.807, 2.05) is 24.3 Å². The molecule has 0 saturated carbocycles. The molecule has 0 bridgehead atoms. The molecule has 2 amide bonds. The highest BCUT2D eigenvalue weighted by Gasteiger charge is 2.38. The Labute approximate surface area is 243 Å². The molecule has 2 aliphatic rings. The summed E-state index contributed by atoms with van der Waals surface area (Å²) in [7, 11) is 0. The number of carbonyl (C=O) groups excluding carboxylic acids is 1. The van der Waals surface area contributed by atoms with Gasteiger partial charge in [-0.15, -0.1) is 0 Å². The van der Waals surface area contributed by atoms with Crippen LogP contribution in [0.25, 0.3) is 0 Å². The predicted octanol–water partition coefficient (Wildman–Crippen LogP) is 6.57. The fourth-order valence-electron chi connectivity index (χ4n) is 6.96. The molecule has 0 radical (unpaired) electrons. The zero-order valence-electron chi connectivity index (χ0n) is 23.4. The molecule has 3 aromatic carbocycles. The van der Waals surface area contributed by atoms with Crippen LogP contribution < -0.4 is 5.73 Å². The number of urea groups is 1. The van der Waals surface area contributed by atoms with Crippen LogP contribution in [-0.2, 0) is 11.0 Å². The second-order valence-corrected chi connectivity index (χ2v) is 12.2. The minimum Gasteiger partial charge on any atom is -0.385 e. The van der Waals surface area contributed by atoms with Crippen LogP contribution in [-0.4, -0.2) is 53.7 Å². The van der Waals surface area contributed by atoms with Crippen molar-refractivity contribution in [2.24, 2.45) is 11.7 Å². The molecular formula is C34H42ClN3O2. The monoisotopic (exact) mass is 559 g/mol. The Morgan fingerprint density at radius 3 is 1.95 bits per heavy atom. The highest BCUT2D eigenvalue weighted by Crippen LogP contribution is 2.44. The third kappa shape index (κ3) is 6.54. The maximum atomic E-state index is 11.7. The van der Waals surface area contributed by atoms with Gasteiger partial charge in [0.15, 0.2) is 0 Å². The number of primary amides is 1. The van der Waals surface area contributed by atoms with Crippen LogP contribution in [0.4, 0.5) is 4.79 Å². The van der Waals surface area contributed by atoms with Gasteiger partial charge in [0.2, 0.25) is 0 Å². The Bertz CT molecular complexity index is 1180. The van der Waals surface area contributed by atoms with E-state index in [4.69, 9.17) is 17.3 Å². The molecule has 2 heterocycles. The number of halogens is 1. The summed E-state index contributed by atoms with van der Waals surface area (Å²) in [6.07, 6.45) is 6.62. The largest absolute Gasteiger partial charge is 0.385 e. The quantitative estimate of drug-likeness (QED) is 0.311. The van der Waals surface area contributed by atoms with E-state index in [-0.39, 0.29) is 11.4 Å². The number of nitrogens with two attached hydrogens (primary N) is 1. The molecule has 2 aliphatic heterocycles. The Kier molecular flexibility index (Phi) is 9.14. The fourth-order valence-corrected chi connectivity index (χ4v) is 7.08. The number of aliphatic hydroxyl groups is 1. The lowest BCUT2D eigenvalue weighted by Crippen LogP contribution is -2.44. The summed E-state index contributed by atoms with van der Waals surface area (Å²) in [6.45, 7) is 4.26. The van der Waals surface area contributed by atoms with Gasteiger partial charge in [-0.25, -0.2) is 4.79 Å². The molecule has 212 valence electrons. The van der Waals surface area contributed by atoms with Gasteiger partial charge < -0.3 is 20.6 Å². The molecule has 5 nitrogen and oxygen atoms in total. The second-order valence-electron chi connectivity index (χ2n) is 11.8. The van der Waals surface area contributed by atoms with Gasteiger partial charge in [0.1, 0.15) is 0 Å². The van der Waals surface area contributed by atoms with Gasteiger partial charge in [-0.2, -0.15) is 0 Å². The van der Waals surface area contributed by atoms with Gasteiger partial charge in [-0.1, -0.05) is 84.4 Å². The number of piperidine rings is 2. The van der Waals surface area contributed by atoms with Gasteiger partial charge in [-0.05, 0) is 86.2 Å². The van der Waals surface area contributed by atoms with Crippen molar-refractivity contribution >= 4 is 17.6 Å². The Balaban J connectivity index is 1.30. The summed E-state index contributed by atoms with van der Waals surface area (Å²) in [5, 5.41) is 12.0. The average molecular weight is 560 g/mol. The minimum absolute atomic E-state index is 0.0953. The predicted molar refractivity (Wildman–Crippen MR) is 162 cm³/mol. The molecular weight excluding hydrogens is 518 g/mol. The van der Waals surface area contributed by atoms with Gasteiger partial charge in [0, 0.05) is 36.6 Å². The topological polar surface area (TPSA) is 69.8 Å². The summed E-state index contributed by atoms with van der Waals surface area (Å²) in [5.41, 5.74) is 8.40. The molecule has 6 heteroatoms. The zero-order chi connectivity index (χ0) is 28.0. The summed E-state index contributed by atoms with van der Waals surface area (Å²) >= 11 is 6.07.